The highest BCUT2D eigenvalue weighted by atomic mass is 16.6. The smallest absolute Gasteiger partial charge is 0.306 e. The molecular weight excluding hydrogens is 420 g/mol. The van der Waals surface area contributed by atoms with E-state index in [-0.39, 0.29) is 12.1 Å². The third kappa shape index (κ3) is 27.7. The van der Waals surface area contributed by atoms with Crippen LogP contribution in [0.1, 0.15) is 175 Å². The van der Waals surface area contributed by atoms with Gasteiger partial charge in [0, 0.05) is 13.0 Å². The SMILES string of the molecule is CCCCCCCCCCCCCCOCC(C)OC(=O)CCCCCCCCCCCCC. The van der Waals surface area contributed by atoms with E-state index in [9.17, 15) is 4.79 Å². The Morgan fingerprint density at radius 3 is 1.29 bits per heavy atom. The summed E-state index contributed by atoms with van der Waals surface area (Å²) in [7, 11) is 0. The van der Waals surface area contributed by atoms with Crippen LogP contribution in [0.5, 0.6) is 0 Å². The molecule has 0 heterocycles. The van der Waals surface area contributed by atoms with Gasteiger partial charge in [-0.15, -0.1) is 0 Å². The standard InChI is InChI=1S/C31H62O3/c1-4-6-8-10-12-14-16-18-20-22-24-26-28-33-29-30(3)34-31(32)27-25-23-21-19-17-15-13-11-9-7-5-2/h30H,4-29H2,1-3H3. The minimum absolute atomic E-state index is 0.0580. The Morgan fingerprint density at radius 1 is 0.529 bits per heavy atom. The molecule has 0 spiro atoms. The van der Waals surface area contributed by atoms with Crippen LogP contribution in [0.4, 0.5) is 0 Å². The maximum atomic E-state index is 12.0. The Bertz CT molecular complexity index is 396. The molecule has 204 valence electrons. The fourth-order valence-corrected chi connectivity index (χ4v) is 4.55. The Morgan fingerprint density at radius 2 is 0.882 bits per heavy atom. The van der Waals surface area contributed by atoms with Gasteiger partial charge in [-0.1, -0.05) is 149 Å². The number of hydrogen-bond donors (Lipinski definition) is 0. The van der Waals surface area contributed by atoms with Crippen molar-refractivity contribution in [2.24, 2.45) is 0 Å². The van der Waals surface area contributed by atoms with Crippen molar-refractivity contribution in [3.8, 4) is 0 Å². The van der Waals surface area contributed by atoms with Crippen molar-refractivity contribution in [3.05, 3.63) is 0 Å². The molecule has 0 saturated heterocycles. The number of esters is 1. The van der Waals surface area contributed by atoms with Crippen molar-refractivity contribution in [2.45, 2.75) is 181 Å². The Labute approximate surface area is 214 Å². The second-order valence-corrected chi connectivity index (χ2v) is 10.6. The molecule has 0 bridgehead atoms. The van der Waals surface area contributed by atoms with E-state index in [1.54, 1.807) is 0 Å². The molecule has 3 nitrogen and oxygen atoms in total. The molecule has 1 atom stereocenters. The van der Waals surface area contributed by atoms with Crippen molar-refractivity contribution >= 4 is 5.97 Å². The van der Waals surface area contributed by atoms with Gasteiger partial charge in [0.05, 0.1) is 6.61 Å². The Balaban J connectivity index is 3.28. The van der Waals surface area contributed by atoms with E-state index in [1.807, 2.05) is 6.92 Å². The van der Waals surface area contributed by atoms with E-state index in [1.165, 1.54) is 128 Å². The van der Waals surface area contributed by atoms with Gasteiger partial charge in [-0.2, -0.15) is 0 Å². The first-order valence-electron chi connectivity index (χ1n) is 15.5. The molecule has 0 aromatic heterocycles. The molecule has 0 aliphatic rings. The highest BCUT2D eigenvalue weighted by Gasteiger charge is 2.09. The van der Waals surface area contributed by atoms with Gasteiger partial charge in [-0.05, 0) is 19.8 Å². The van der Waals surface area contributed by atoms with Gasteiger partial charge in [0.2, 0.25) is 0 Å². The molecule has 0 aromatic carbocycles. The predicted octanol–water partition coefficient (Wildman–Crippen LogP) is 10.3. The van der Waals surface area contributed by atoms with E-state index < -0.39 is 0 Å². The molecule has 1 unspecified atom stereocenters. The number of unbranched alkanes of at least 4 members (excludes halogenated alkanes) is 21. The summed E-state index contributed by atoms with van der Waals surface area (Å²) in [6, 6.07) is 0. The van der Waals surface area contributed by atoms with Crippen LogP contribution in [0.25, 0.3) is 0 Å². The van der Waals surface area contributed by atoms with Gasteiger partial charge >= 0.3 is 5.97 Å². The third-order valence-corrected chi connectivity index (χ3v) is 6.81. The summed E-state index contributed by atoms with van der Waals surface area (Å²) < 4.78 is 11.2. The summed E-state index contributed by atoms with van der Waals surface area (Å²) >= 11 is 0. The second-order valence-electron chi connectivity index (χ2n) is 10.6. The highest BCUT2D eigenvalue weighted by molar-refractivity contribution is 5.69. The number of carbonyl (C=O) groups is 1. The first-order chi connectivity index (χ1) is 16.7. The molecule has 3 heteroatoms. The summed E-state index contributed by atoms with van der Waals surface area (Å²) in [6.07, 6.45) is 31.0. The molecule has 0 fully saturated rings. The van der Waals surface area contributed by atoms with Crippen LogP contribution in [-0.2, 0) is 14.3 Å². The molecule has 0 amide bonds. The number of carbonyl (C=O) groups excluding carboxylic acids is 1. The molecule has 34 heavy (non-hydrogen) atoms. The van der Waals surface area contributed by atoms with Gasteiger partial charge < -0.3 is 9.47 Å². The lowest BCUT2D eigenvalue weighted by Gasteiger charge is -2.13. The number of rotatable bonds is 28. The zero-order valence-electron chi connectivity index (χ0n) is 23.7. The predicted molar refractivity (Wildman–Crippen MR) is 149 cm³/mol. The van der Waals surface area contributed by atoms with Crippen molar-refractivity contribution in [3.63, 3.8) is 0 Å². The van der Waals surface area contributed by atoms with E-state index in [2.05, 4.69) is 13.8 Å². The quantitative estimate of drug-likeness (QED) is 0.0821. The van der Waals surface area contributed by atoms with Gasteiger partial charge in [0.25, 0.3) is 0 Å². The minimum Gasteiger partial charge on any atom is -0.460 e. The number of hydrogen-bond acceptors (Lipinski definition) is 3. The number of ether oxygens (including phenoxy) is 2. The summed E-state index contributed by atoms with van der Waals surface area (Å²) in [5.74, 6) is -0.0580. The van der Waals surface area contributed by atoms with Gasteiger partial charge in [0.1, 0.15) is 6.10 Å². The monoisotopic (exact) mass is 482 g/mol. The normalized spacial score (nSPS) is 12.2. The topological polar surface area (TPSA) is 35.5 Å². The van der Waals surface area contributed by atoms with Gasteiger partial charge in [-0.25, -0.2) is 0 Å². The van der Waals surface area contributed by atoms with Crippen molar-refractivity contribution in [2.75, 3.05) is 13.2 Å². The van der Waals surface area contributed by atoms with Crippen molar-refractivity contribution < 1.29 is 14.3 Å². The maximum Gasteiger partial charge on any atom is 0.306 e. The summed E-state index contributed by atoms with van der Waals surface area (Å²) in [4.78, 5) is 12.0. The molecule has 0 aliphatic heterocycles. The molecule has 0 saturated carbocycles. The van der Waals surface area contributed by atoms with Gasteiger partial charge in [-0.3, -0.25) is 4.79 Å². The van der Waals surface area contributed by atoms with Crippen LogP contribution in [0.15, 0.2) is 0 Å². The van der Waals surface area contributed by atoms with Gasteiger partial charge in [0.15, 0.2) is 0 Å². The molecule has 0 aromatic rings. The van der Waals surface area contributed by atoms with Crippen LogP contribution in [0, 0.1) is 0 Å². The highest BCUT2D eigenvalue weighted by Crippen LogP contribution is 2.13. The van der Waals surface area contributed by atoms with E-state index in [4.69, 9.17) is 9.47 Å². The molecular formula is C31H62O3. The molecule has 0 aliphatic carbocycles. The zero-order valence-corrected chi connectivity index (χ0v) is 23.7. The minimum atomic E-state index is -0.127. The lowest BCUT2D eigenvalue weighted by molar-refractivity contribution is -0.151. The van der Waals surface area contributed by atoms with Crippen LogP contribution in [0.2, 0.25) is 0 Å². The van der Waals surface area contributed by atoms with Crippen LogP contribution >= 0.6 is 0 Å². The molecule has 0 rings (SSSR count). The van der Waals surface area contributed by atoms with E-state index >= 15 is 0 Å². The van der Waals surface area contributed by atoms with Crippen LogP contribution in [-0.4, -0.2) is 25.3 Å². The first-order valence-corrected chi connectivity index (χ1v) is 15.5. The largest absolute Gasteiger partial charge is 0.460 e. The lowest BCUT2D eigenvalue weighted by Crippen LogP contribution is -2.20. The Hall–Kier alpha value is -0.570. The zero-order chi connectivity index (χ0) is 25.0. The van der Waals surface area contributed by atoms with Crippen molar-refractivity contribution in [1.29, 1.82) is 0 Å². The lowest BCUT2D eigenvalue weighted by atomic mass is 10.1. The summed E-state index contributed by atoms with van der Waals surface area (Å²) in [6.45, 7) is 7.81. The average molecular weight is 483 g/mol. The maximum absolute atomic E-state index is 12.0. The van der Waals surface area contributed by atoms with Crippen molar-refractivity contribution in [1.82, 2.24) is 0 Å². The molecule has 0 N–H and O–H groups in total. The van der Waals surface area contributed by atoms with E-state index in [0.717, 1.165) is 25.9 Å². The second kappa shape index (κ2) is 28.7. The van der Waals surface area contributed by atoms with Crippen LogP contribution < -0.4 is 0 Å². The summed E-state index contributed by atoms with van der Waals surface area (Å²) in [5, 5.41) is 0. The fourth-order valence-electron chi connectivity index (χ4n) is 4.55. The van der Waals surface area contributed by atoms with E-state index in [0.29, 0.717) is 13.0 Å². The third-order valence-electron chi connectivity index (χ3n) is 6.81. The Kier molecular flexibility index (Phi) is 28.2. The summed E-state index contributed by atoms with van der Waals surface area (Å²) in [5.41, 5.74) is 0. The average Bonchev–Trinajstić information content (AvgIpc) is 2.82. The fraction of sp³-hybridized carbons (Fsp3) is 0.968. The van der Waals surface area contributed by atoms with Crippen LogP contribution in [0.3, 0.4) is 0 Å². The first kappa shape index (κ1) is 33.4. The molecule has 0 radical (unpaired) electrons.